The molecule has 0 aromatic heterocycles. The standard InChI is InChI=1S/C29H26N2O7/c1-30-13-14-38-23-12-9-18(16-21(23)30)27(34)25-26(20-5-3-4-6-22(20)37-2)31(29(36)28(25)35)19-10-7-17(8-11-19)15-24(32)33/h3-12,16,26,34H,13-15H2,1-2H3,(H,32,33)/b27-25+. The fraction of sp³-hybridized carbons (Fsp3) is 0.207. The largest absolute Gasteiger partial charge is 0.507 e. The zero-order valence-electron chi connectivity index (χ0n) is 20.9. The summed E-state index contributed by atoms with van der Waals surface area (Å²) in [5.41, 5.74) is 2.51. The minimum Gasteiger partial charge on any atom is -0.507 e. The van der Waals surface area contributed by atoms with Crippen molar-refractivity contribution in [3.63, 3.8) is 0 Å². The second-order valence-corrected chi connectivity index (χ2v) is 9.10. The Balaban J connectivity index is 1.68. The summed E-state index contributed by atoms with van der Waals surface area (Å²) in [6.45, 7) is 1.21. The van der Waals surface area contributed by atoms with E-state index in [4.69, 9.17) is 14.6 Å². The summed E-state index contributed by atoms with van der Waals surface area (Å²) in [6, 6.07) is 17.5. The molecule has 1 atom stereocenters. The van der Waals surface area contributed by atoms with Crippen molar-refractivity contribution in [3.05, 3.63) is 89.0 Å². The number of carboxylic acids is 1. The summed E-state index contributed by atoms with van der Waals surface area (Å²) in [5, 5.41) is 20.6. The van der Waals surface area contributed by atoms with Crippen molar-refractivity contribution in [2.75, 3.05) is 37.1 Å². The number of ether oxygens (including phenoxy) is 2. The summed E-state index contributed by atoms with van der Waals surface area (Å²) in [4.78, 5) is 41.3. The van der Waals surface area contributed by atoms with E-state index in [-0.39, 0.29) is 17.8 Å². The van der Waals surface area contributed by atoms with Crippen LogP contribution >= 0.6 is 0 Å². The molecule has 2 heterocycles. The number of fused-ring (bicyclic) bond motifs is 1. The molecule has 3 aromatic rings. The summed E-state index contributed by atoms with van der Waals surface area (Å²) >= 11 is 0. The molecule has 0 spiro atoms. The summed E-state index contributed by atoms with van der Waals surface area (Å²) < 4.78 is 11.3. The Bertz CT molecular complexity index is 1460. The maximum absolute atomic E-state index is 13.5. The number of ketones is 1. The van der Waals surface area contributed by atoms with Crippen LogP contribution in [0.15, 0.2) is 72.3 Å². The van der Waals surface area contributed by atoms with Crippen LogP contribution in [0.3, 0.4) is 0 Å². The van der Waals surface area contributed by atoms with Crippen LogP contribution in [0.1, 0.15) is 22.7 Å². The molecule has 2 N–H and O–H groups in total. The van der Waals surface area contributed by atoms with Gasteiger partial charge in [-0.05, 0) is 42.0 Å². The topological polar surface area (TPSA) is 117 Å². The summed E-state index contributed by atoms with van der Waals surface area (Å²) in [7, 11) is 3.40. The zero-order chi connectivity index (χ0) is 27.0. The van der Waals surface area contributed by atoms with Crippen LogP contribution in [0.5, 0.6) is 11.5 Å². The second-order valence-electron chi connectivity index (χ2n) is 9.10. The predicted molar refractivity (Wildman–Crippen MR) is 141 cm³/mol. The van der Waals surface area contributed by atoms with Crippen LogP contribution in [-0.2, 0) is 20.8 Å². The molecule has 2 aliphatic rings. The van der Waals surface area contributed by atoms with E-state index in [0.717, 1.165) is 5.69 Å². The van der Waals surface area contributed by atoms with Gasteiger partial charge in [-0.25, -0.2) is 0 Å². The first-order valence-electron chi connectivity index (χ1n) is 12.0. The van der Waals surface area contributed by atoms with Gasteiger partial charge < -0.3 is 24.6 Å². The quantitative estimate of drug-likeness (QED) is 0.290. The highest BCUT2D eigenvalue weighted by atomic mass is 16.5. The second kappa shape index (κ2) is 9.93. The number of methoxy groups -OCH3 is 1. The van der Waals surface area contributed by atoms with Gasteiger partial charge in [-0.3, -0.25) is 19.3 Å². The number of nitrogens with zero attached hydrogens (tertiary/aromatic N) is 2. The third-order valence-corrected chi connectivity index (χ3v) is 6.78. The lowest BCUT2D eigenvalue weighted by Crippen LogP contribution is -2.29. The monoisotopic (exact) mass is 514 g/mol. The average Bonchev–Trinajstić information content (AvgIpc) is 3.18. The van der Waals surface area contributed by atoms with E-state index in [2.05, 4.69) is 0 Å². The van der Waals surface area contributed by atoms with Gasteiger partial charge in [0.15, 0.2) is 0 Å². The number of likely N-dealkylation sites (N-methyl/N-ethyl adjacent to an activating group) is 1. The van der Waals surface area contributed by atoms with Gasteiger partial charge in [0.1, 0.15) is 23.9 Å². The van der Waals surface area contributed by atoms with Gasteiger partial charge in [0.25, 0.3) is 11.7 Å². The molecule has 1 unspecified atom stereocenters. The first kappa shape index (κ1) is 24.9. The average molecular weight is 515 g/mol. The van der Waals surface area contributed by atoms with Crippen molar-refractivity contribution < 1.29 is 34.1 Å². The molecule has 2 aliphatic heterocycles. The lowest BCUT2D eigenvalue weighted by atomic mass is 9.94. The Morgan fingerprint density at radius 3 is 2.50 bits per heavy atom. The molecule has 1 saturated heterocycles. The molecule has 9 nitrogen and oxygen atoms in total. The van der Waals surface area contributed by atoms with Crippen LogP contribution in [-0.4, -0.2) is 55.2 Å². The normalized spacial score (nSPS) is 18.2. The third-order valence-electron chi connectivity index (χ3n) is 6.78. The maximum atomic E-state index is 13.5. The lowest BCUT2D eigenvalue weighted by molar-refractivity contribution is -0.136. The lowest BCUT2D eigenvalue weighted by Gasteiger charge is -2.28. The number of para-hydroxylation sites is 1. The van der Waals surface area contributed by atoms with Gasteiger partial charge in [0, 0.05) is 23.9 Å². The zero-order valence-corrected chi connectivity index (χ0v) is 20.9. The van der Waals surface area contributed by atoms with Gasteiger partial charge >= 0.3 is 5.97 Å². The third kappa shape index (κ3) is 4.32. The van der Waals surface area contributed by atoms with Gasteiger partial charge in [-0.2, -0.15) is 0 Å². The van der Waals surface area contributed by atoms with Crippen molar-refractivity contribution in [1.82, 2.24) is 0 Å². The molecule has 38 heavy (non-hydrogen) atoms. The molecular formula is C29H26N2O7. The number of aliphatic hydroxyl groups excluding tert-OH is 1. The fourth-order valence-electron chi connectivity index (χ4n) is 4.89. The maximum Gasteiger partial charge on any atom is 0.307 e. The van der Waals surface area contributed by atoms with E-state index >= 15 is 0 Å². The molecule has 1 amide bonds. The van der Waals surface area contributed by atoms with E-state index in [1.165, 1.54) is 12.0 Å². The highest BCUT2D eigenvalue weighted by Gasteiger charge is 2.48. The molecular weight excluding hydrogens is 488 g/mol. The molecule has 0 radical (unpaired) electrons. The van der Waals surface area contributed by atoms with E-state index in [0.29, 0.717) is 47.0 Å². The van der Waals surface area contributed by atoms with Crippen molar-refractivity contribution in [2.45, 2.75) is 12.5 Å². The fourth-order valence-corrected chi connectivity index (χ4v) is 4.89. The minimum atomic E-state index is -0.985. The number of hydrogen-bond acceptors (Lipinski definition) is 7. The smallest absolute Gasteiger partial charge is 0.307 e. The van der Waals surface area contributed by atoms with Crippen LogP contribution < -0.4 is 19.3 Å². The Morgan fingerprint density at radius 1 is 1.05 bits per heavy atom. The van der Waals surface area contributed by atoms with Gasteiger partial charge in [-0.1, -0.05) is 30.3 Å². The number of aliphatic hydroxyl groups is 1. The number of carbonyl (C=O) groups is 3. The number of Topliss-reactive ketones (excluding diaryl/α,β-unsaturated/α-hetero) is 1. The van der Waals surface area contributed by atoms with Crippen molar-refractivity contribution >= 4 is 34.8 Å². The van der Waals surface area contributed by atoms with Gasteiger partial charge in [-0.15, -0.1) is 0 Å². The number of anilines is 2. The Kier molecular flexibility index (Phi) is 6.50. The predicted octanol–water partition coefficient (Wildman–Crippen LogP) is 3.78. The van der Waals surface area contributed by atoms with Gasteiger partial charge in [0.05, 0.1) is 37.4 Å². The minimum absolute atomic E-state index is 0.0755. The number of benzene rings is 3. The molecule has 5 rings (SSSR count). The molecule has 0 saturated carbocycles. The molecule has 3 aromatic carbocycles. The number of carboxylic acid groups (broad SMARTS) is 1. The Hall–Kier alpha value is -4.79. The van der Waals surface area contributed by atoms with E-state index in [1.54, 1.807) is 66.7 Å². The van der Waals surface area contributed by atoms with E-state index in [1.807, 2.05) is 11.9 Å². The number of rotatable bonds is 6. The van der Waals surface area contributed by atoms with E-state index in [9.17, 15) is 19.5 Å². The highest BCUT2D eigenvalue weighted by molar-refractivity contribution is 6.51. The van der Waals surface area contributed by atoms with Gasteiger partial charge in [0.2, 0.25) is 0 Å². The van der Waals surface area contributed by atoms with Crippen LogP contribution in [0.4, 0.5) is 11.4 Å². The Morgan fingerprint density at radius 2 is 1.79 bits per heavy atom. The molecule has 1 fully saturated rings. The van der Waals surface area contributed by atoms with E-state index < -0.39 is 23.7 Å². The van der Waals surface area contributed by atoms with Crippen LogP contribution in [0.25, 0.3) is 5.76 Å². The molecule has 194 valence electrons. The Labute approximate surface area is 219 Å². The van der Waals surface area contributed by atoms with Crippen LogP contribution in [0.2, 0.25) is 0 Å². The first-order valence-corrected chi connectivity index (χ1v) is 12.0. The van der Waals surface area contributed by atoms with Crippen LogP contribution in [0, 0.1) is 0 Å². The summed E-state index contributed by atoms with van der Waals surface area (Å²) in [6.07, 6.45) is -0.175. The first-order chi connectivity index (χ1) is 18.3. The van der Waals surface area contributed by atoms with Crippen molar-refractivity contribution in [1.29, 1.82) is 0 Å². The molecule has 9 heteroatoms. The van der Waals surface area contributed by atoms with Crippen molar-refractivity contribution in [2.24, 2.45) is 0 Å². The molecule has 0 bridgehead atoms. The van der Waals surface area contributed by atoms with Crippen molar-refractivity contribution in [3.8, 4) is 11.5 Å². The number of carbonyl (C=O) groups excluding carboxylic acids is 2. The number of amides is 1. The summed E-state index contributed by atoms with van der Waals surface area (Å²) in [5.74, 6) is -1.84. The highest BCUT2D eigenvalue weighted by Crippen LogP contribution is 2.45. The molecule has 0 aliphatic carbocycles. The number of hydrogen-bond donors (Lipinski definition) is 2. The number of aliphatic carboxylic acids is 1. The SMILES string of the molecule is COc1ccccc1C1/C(=C(\O)c2ccc3c(c2)N(C)CCO3)C(=O)C(=O)N1c1ccc(CC(=O)O)cc1.